The minimum Gasteiger partial charge on any atom is -0.454 e. The number of hydrogen-bond acceptors (Lipinski definition) is 3. The van der Waals surface area contributed by atoms with Gasteiger partial charge in [0.25, 0.3) is 0 Å². The topological polar surface area (TPSA) is 37.9 Å². The molecule has 29 heavy (non-hydrogen) atoms. The number of aliphatic imine (C=N–C) groups is 2. The summed E-state index contributed by atoms with van der Waals surface area (Å²) in [5.41, 5.74) is 11.0. The highest BCUT2D eigenvalue weighted by Gasteiger charge is 2.11. The summed E-state index contributed by atoms with van der Waals surface area (Å²) >= 11 is 0. The van der Waals surface area contributed by atoms with E-state index >= 15 is 0 Å². The van der Waals surface area contributed by atoms with Crippen LogP contribution in [0.3, 0.4) is 0 Å². The van der Waals surface area contributed by atoms with Crippen molar-refractivity contribution in [1.82, 2.24) is 0 Å². The molecule has 0 spiro atoms. The molecular formula is C26H30N2O. The molecule has 3 heteroatoms. The van der Waals surface area contributed by atoms with E-state index in [4.69, 9.17) is 14.4 Å². The van der Waals surface area contributed by atoms with Gasteiger partial charge in [0.1, 0.15) is 11.5 Å². The van der Waals surface area contributed by atoms with Gasteiger partial charge in [0.15, 0.2) is 0 Å². The molecule has 0 saturated carbocycles. The molecule has 3 nitrogen and oxygen atoms in total. The Morgan fingerprint density at radius 2 is 0.897 bits per heavy atom. The van der Waals surface area contributed by atoms with Gasteiger partial charge in [0, 0.05) is 0 Å². The van der Waals surface area contributed by atoms with Crippen LogP contribution < -0.4 is 0 Å². The Hall–Kier alpha value is -2.94. The lowest BCUT2D eigenvalue weighted by molar-refractivity contribution is 0.547. The van der Waals surface area contributed by atoms with Gasteiger partial charge in [0.2, 0.25) is 0 Å². The van der Waals surface area contributed by atoms with Gasteiger partial charge in [-0.15, -0.1) is 0 Å². The largest absolute Gasteiger partial charge is 0.454 e. The molecule has 3 aromatic rings. The first kappa shape index (κ1) is 20.8. The van der Waals surface area contributed by atoms with E-state index in [-0.39, 0.29) is 0 Å². The van der Waals surface area contributed by atoms with Gasteiger partial charge >= 0.3 is 0 Å². The Morgan fingerprint density at radius 3 is 1.21 bits per heavy atom. The smallest absolute Gasteiger partial charge is 0.148 e. The highest BCUT2D eigenvalue weighted by Crippen LogP contribution is 2.28. The third kappa shape index (κ3) is 4.56. The summed E-state index contributed by atoms with van der Waals surface area (Å²) in [6.07, 6.45) is 0. The number of rotatable bonds is 4. The van der Waals surface area contributed by atoms with Crippen LogP contribution in [-0.2, 0) is 0 Å². The predicted molar refractivity (Wildman–Crippen MR) is 124 cm³/mol. The average Bonchev–Trinajstić information content (AvgIpc) is 3.11. The van der Waals surface area contributed by atoms with Crippen molar-refractivity contribution >= 4 is 22.8 Å². The van der Waals surface area contributed by atoms with Gasteiger partial charge in [-0.05, 0) is 89.8 Å². The molecule has 0 aliphatic rings. The summed E-state index contributed by atoms with van der Waals surface area (Å²) in [5, 5.41) is 0. The first-order chi connectivity index (χ1) is 13.7. The summed E-state index contributed by atoms with van der Waals surface area (Å²) in [6, 6.07) is 12.6. The summed E-state index contributed by atoms with van der Waals surface area (Å²) < 4.78 is 6.10. The SMILES string of the molecule is CC(=Nc1c(C)cc(C)cc1C)c1ccc(C(C)=Nc2c(C)cc(C)cc2C)o1. The maximum absolute atomic E-state index is 6.10. The maximum atomic E-state index is 6.10. The summed E-state index contributed by atoms with van der Waals surface area (Å²) in [7, 11) is 0. The minimum atomic E-state index is 0.770. The van der Waals surface area contributed by atoms with E-state index in [0.29, 0.717) is 0 Å². The number of hydrogen-bond donors (Lipinski definition) is 0. The molecule has 0 bridgehead atoms. The van der Waals surface area contributed by atoms with Gasteiger partial charge in [-0.3, -0.25) is 0 Å². The van der Waals surface area contributed by atoms with Gasteiger partial charge in [-0.2, -0.15) is 0 Å². The van der Waals surface area contributed by atoms with Crippen molar-refractivity contribution in [2.75, 3.05) is 0 Å². The molecule has 0 unspecified atom stereocenters. The van der Waals surface area contributed by atoms with Crippen LogP contribution in [0.4, 0.5) is 11.4 Å². The van der Waals surface area contributed by atoms with Gasteiger partial charge in [-0.1, -0.05) is 35.4 Å². The number of furan rings is 1. The maximum Gasteiger partial charge on any atom is 0.148 e. The Kier molecular flexibility index (Phi) is 5.88. The Bertz CT molecular complexity index is 995. The molecule has 150 valence electrons. The molecule has 0 radical (unpaired) electrons. The predicted octanol–water partition coefficient (Wildman–Crippen LogP) is 7.41. The Morgan fingerprint density at radius 1 is 0.586 bits per heavy atom. The van der Waals surface area contributed by atoms with E-state index in [1.165, 1.54) is 33.4 Å². The molecule has 0 aliphatic heterocycles. The van der Waals surface area contributed by atoms with Crippen LogP contribution in [0.5, 0.6) is 0 Å². The third-order valence-corrected chi connectivity index (χ3v) is 5.15. The van der Waals surface area contributed by atoms with E-state index < -0.39 is 0 Å². The molecule has 1 aromatic heterocycles. The average molecular weight is 387 g/mol. The molecule has 0 fully saturated rings. The van der Waals surface area contributed by atoms with Crippen LogP contribution >= 0.6 is 0 Å². The molecule has 0 atom stereocenters. The first-order valence-electron chi connectivity index (χ1n) is 10.0. The fraction of sp³-hybridized carbons (Fsp3) is 0.308. The number of nitrogens with zero attached hydrogens (tertiary/aromatic N) is 2. The molecule has 0 amide bonds. The number of aryl methyl sites for hydroxylation is 6. The van der Waals surface area contributed by atoms with Crippen LogP contribution in [0.15, 0.2) is 50.8 Å². The summed E-state index contributed by atoms with van der Waals surface area (Å²) in [6.45, 7) is 16.6. The minimum absolute atomic E-state index is 0.770. The van der Waals surface area contributed by atoms with Crippen molar-refractivity contribution in [1.29, 1.82) is 0 Å². The second kappa shape index (κ2) is 8.20. The van der Waals surface area contributed by atoms with Gasteiger partial charge in [0.05, 0.1) is 22.8 Å². The van der Waals surface area contributed by atoms with E-state index in [0.717, 1.165) is 34.3 Å². The van der Waals surface area contributed by atoms with Crippen LogP contribution in [0.1, 0.15) is 58.7 Å². The van der Waals surface area contributed by atoms with Crippen molar-refractivity contribution in [2.24, 2.45) is 9.98 Å². The van der Waals surface area contributed by atoms with E-state index in [9.17, 15) is 0 Å². The zero-order chi connectivity index (χ0) is 21.3. The van der Waals surface area contributed by atoms with Crippen LogP contribution in [0, 0.1) is 41.5 Å². The van der Waals surface area contributed by atoms with Gasteiger partial charge in [-0.25, -0.2) is 9.98 Å². The molecular weight excluding hydrogens is 356 g/mol. The standard InChI is InChI=1S/C26H30N2O/c1-15-11-17(3)25(18(4)12-15)27-21(7)23-9-10-24(29-23)22(8)28-26-19(5)13-16(2)14-20(26)6/h9-14H,1-8H3. The molecule has 0 saturated heterocycles. The van der Waals surface area contributed by atoms with E-state index in [1.807, 2.05) is 26.0 Å². The Balaban J connectivity index is 1.93. The fourth-order valence-electron chi connectivity index (χ4n) is 3.87. The molecule has 3 rings (SSSR count). The van der Waals surface area contributed by atoms with Crippen molar-refractivity contribution < 1.29 is 4.42 Å². The number of benzene rings is 2. The lowest BCUT2D eigenvalue weighted by atomic mass is 10.1. The van der Waals surface area contributed by atoms with E-state index in [1.54, 1.807) is 0 Å². The second-order valence-electron chi connectivity index (χ2n) is 8.05. The Labute approximate surface area is 174 Å². The second-order valence-corrected chi connectivity index (χ2v) is 8.05. The fourth-order valence-corrected chi connectivity index (χ4v) is 3.87. The quantitative estimate of drug-likeness (QED) is 0.430. The summed E-state index contributed by atoms with van der Waals surface area (Å²) in [4.78, 5) is 9.69. The molecule has 1 heterocycles. The van der Waals surface area contributed by atoms with Crippen LogP contribution in [-0.4, -0.2) is 11.4 Å². The van der Waals surface area contributed by atoms with Crippen molar-refractivity contribution in [3.05, 3.63) is 81.3 Å². The third-order valence-electron chi connectivity index (χ3n) is 5.15. The van der Waals surface area contributed by atoms with E-state index in [2.05, 4.69) is 65.8 Å². The zero-order valence-corrected chi connectivity index (χ0v) is 18.8. The first-order valence-corrected chi connectivity index (χ1v) is 10.0. The van der Waals surface area contributed by atoms with Crippen molar-refractivity contribution in [2.45, 2.75) is 55.4 Å². The molecule has 0 N–H and O–H groups in total. The van der Waals surface area contributed by atoms with Crippen LogP contribution in [0.2, 0.25) is 0 Å². The summed E-state index contributed by atoms with van der Waals surface area (Å²) in [5.74, 6) is 1.54. The lowest BCUT2D eigenvalue weighted by Crippen LogP contribution is -1.95. The highest BCUT2D eigenvalue weighted by atomic mass is 16.3. The molecule has 2 aromatic carbocycles. The normalized spacial score (nSPS) is 12.6. The molecule has 0 aliphatic carbocycles. The van der Waals surface area contributed by atoms with Crippen molar-refractivity contribution in [3.8, 4) is 0 Å². The van der Waals surface area contributed by atoms with Gasteiger partial charge < -0.3 is 4.42 Å². The zero-order valence-electron chi connectivity index (χ0n) is 18.8. The van der Waals surface area contributed by atoms with Crippen molar-refractivity contribution in [3.63, 3.8) is 0 Å². The van der Waals surface area contributed by atoms with Crippen LogP contribution in [0.25, 0.3) is 0 Å². The highest BCUT2D eigenvalue weighted by molar-refractivity contribution is 6.02. The monoisotopic (exact) mass is 386 g/mol. The lowest BCUT2D eigenvalue weighted by Gasteiger charge is -2.08.